The van der Waals surface area contributed by atoms with E-state index in [1.165, 1.54) is 34.4 Å². The fourth-order valence-electron chi connectivity index (χ4n) is 4.71. The lowest BCUT2D eigenvalue weighted by molar-refractivity contribution is -0.384. The number of anilines is 1. The van der Waals surface area contributed by atoms with E-state index in [0.717, 1.165) is 29.3 Å². The van der Waals surface area contributed by atoms with Gasteiger partial charge in [0.05, 0.1) is 10.3 Å². The van der Waals surface area contributed by atoms with Gasteiger partial charge in [0.2, 0.25) is 0 Å². The Morgan fingerprint density at radius 3 is 2.75 bits per heavy atom. The number of piperazine rings is 1. The van der Waals surface area contributed by atoms with Crippen LogP contribution >= 0.6 is 11.3 Å². The number of aryl methyl sites for hydroxylation is 2. The Bertz CT molecular complexity index is 1220. The van der Waals surface area contributed by atoms with E-state index in [2.05, 4.69) is 11.8 Å². The fraction of sp³-hybridized carbons (Fsp3) is 0.435. The van der Waals surface area contributed by atoms with Crippen molar-refractivity contribution in [2.24, 2.45) is 5.92 Å². The number of rotatable bonds is 3. The molecular formula is C23H25N5O3S. The standard InChI is InChI=1S/C23H25N5O3S/c1-14-6-7-18-19(12-14)32-22-20(18)21(24-15(2)25-22)26-8-10-27(11-9-26)23(29)16-4-3-5-17(13-16)28(30)31/h3-5,13-14H,6-12H2,1-2H3/t14-/m0/s1. The maximum Gasteiger partial charge on any atom is 0.270 e. The van der Waals surface area contributed by atoms with Crippen LogP contribution in [0.25, 0.3) is 10.2 Å². The van der Waals surface area contributed by atoms with E-state index in [4.69, 9.17) is 9.97 Å². The van der Waals surface area contributed by atoms with E-state index < -0.39 is 4.92 Å². The van der Waals surface area contributed by atoms with Gasteiger partial charge in [-0.2, -0.15) is 0 Å². The number of hydrogen-bond acceptors (Lipinski definition) is 7. The minimum atomic E-state index is -0.473. The first kappa shape index (κ1) is 20.8. The molecule has 3 aromatic rings. The second-order valence-corrected chi connectivity index (χ2v) is 9.80. The second kappa shape index (κ2) is 8.12. The van der Waals surface area contributed by atoms with Crippen LogP contribution in [0.15, 0.2) is 24.3 Å². The van der Waals surface area contributed by atoms with Crippen molar-refractivity contribution in [3.8, 4) is 0 Å². The lowest BCUT2D eigenvalue weighted by atomic mass is 9.89. The van der Waals surface area contributed by atoms with E-state index >= 15 is 0 Å². The molecule has 2 aromatic heterocycles. The highest BCUT2D eigenvalue weighted by molar-refractivity contribution is 7.19. The monoisotopic (exact) mass is 451 g/mol. The Balaban J connectivity index is 1.38. The molecule has 3 heterocycles. The maximum absolute atomic E-state index is 12.9. The quantitative estimate of drug-likeness (QED) is 0.442. The van der Waals surface area contributed by atoms with Crippen LogP contribution in [0.5, 0.6) is 0 Å². The average molecular weight is 452 g/mol. The molecule has 1 aliphatic carbocycles. The predicted octanol–water partition coefficient (Wildman–Crippen LogP) is 4.00. The summed E-state index contributed by atoms with van der Waals surface area (Å²) in [6.07, 6.45) is 3.37. The molecule has 166 valence electrons. The van der Waals surface area contributed by atoms with Gasteiger partial charge in [0, 0.05) is 48.8 Å². The number of benzene rings is 1. The van der Waals surface area contributed by atoms with Crippen LogP contribution in [-0.2, 0) is 12.8 Å². The fourth-order valence-corrected chi connectivity index (χ4v) is 6.13. The number of carbonyl (C=O) groups is 1. The van der Waals surface area contributed by atoms with Gasteiger partial charge >= 0.3 is 0 Å². The summed E-state index contributed by atoms with van der Waals surface area (Å²) in [5.41, 5.74) is 1.70. The third-order valence-electron chi connectivity index (χ3n) is 6.42. The van der Waals surface area contributed by atoms with Gasteiger partial charge in [-0.1, -0.05) is 13.0 Å². The molecule has 2 aliphatic rings. The van der Waals surface area contributed by atoms with Crippen molar-refractivity contribution in [3.05, 3.63) is 56.2 Å². The Labute approximate surface area is 190 Å². The summed E-state index contributed by atoms with van der Waals surface area (Å²) in [5.74, 6) is 2.30. The van der Waals surface area contributed by atoms with Gasteiger partial charge < -0.3 is 9.80 Å². The molecular weight excluding hydrogens is 426 g/mol. The molecule has 9 heteroatoms. The lowest BCUT2D eigenvalue weighted by Gasteiger charge is -2.36. The van der Waals surface area contributed by atoms with Gasteiger partial charge in [-0.15, -0.1) is 11.3 Å². The van der Waals surface area contributed by atoms with Crippen molar-refractivity contribution in [2.45, 2.75) is 33.1 Å². The number of nitrogens with zero attached hydrogens (tertiary/aromatic N) is 5. The topological polar surface area (TPSA) is 92.5 Å². The SMILES string of the molecule is Cc1nc(N2CCN(C(=O)c3cccc([N+](=O)[O-])c3)CC2)c2c3c(sc2n1)C[C@@H](C)CC3. The molecule has 1 saturated heterocycles. The van der Waals surface area contributed by atoms with Crippen LogP contribution in [-0.4, -0.2) is 51.9 Å². The van der Waals surface area contributed by atoms with Crippen molar-refractivity contribution in [1.29, 1.82) is 0 Å². The van der Waals surface area contributed by atoms with Gasteiger partial charge in [0.25, 0.3) is 11.6 Å². The lowest BCUT2D eigenvalue weighted by Crippen LogP contribution is -2.49. The zero-order chi connectivity index (χ0) is 22.4. The third kappa shape index (κ3) is 3.70. The molecule has 8 nitrogen and oxygen atoms in total. The summed E-state index contributed by atoms with van der Waals surface area (Å²) in [5, 5.41) is 12.2. The van der Waals surface area contributed by atoms with Crippen molar-refractivity contribution < 1.29 is 9.72 Å². The first-order valence-corrected chi connectivity index (χ1v) is 11.8. The normalized spacial score (nSPS) is 18.6. The molecule has 5 rings (SSSR count). The van der Waals surface area contributed by atoms with Crippen LogP contribution in [0.2, 0.25) is 0 Å². The molecule has 1 amide bonds. The van der Waals surface area contributed by atoms with Crippen molar-refractivity contribution >= 4 is 39.0 Å². The van der Waals surface area contributed by atoms with Crippen LogP contribution in [0.3, 0.4) is 0 Å². The van der Waals surface area contributed by atoms with Crippen LogP contribution in [0, 0.1) is 23.0 Å². The Morgan fingerprint density at radius 1 is 1.22 bits per heavy atom. The molecule has 0 bridgehead atoms. The number of hydrogen-bond donors (Lipinski definition) is 0. The number of nitro benzene ring substituents is 1. The largest absolute Gasteiger partial charge is 0.352 e. The average Bonchev–Trinajstić information content (AvgIpc) is 3.15. The summed E-state index contributed by atoms with van der Waals surface area (Å²) in [6, 6.07) is 5.95. The number of amides is 1. The molecule has 0 N–H and O–H groups in total. The summed E-state index contributed by atoms with van der Waals surface area (Å²) < 4.78 is 0. The zero-order valence-corrected chi connectivity index (χ0v) is 19.0. The summed E-state index contributed by atoms with van der Waals surface area (Å²) in [7, 11) is 0. The Hall–Kier alpha value is -3.07. The van der Waals surface area contributed by atoms with E-state index in [-0.39, 0.29) is 11.6 Å². The highest BCUT2D eigenvalue weighted by Gasteiger charge is 2.28. The van der Waals surface area contributed by atoms with Crippen LogP contribution in [0.4, 0.5) is 11.5 Å². The highest BCUT2D eigenvalue weighted by atomic mass is 32.1. The van der Waals surface area contributed by atoms with Crippen molar-refractivity contribution in [3.63, 3.8) is 0 Å². The number of carbonyl (C=O) groups excluding carboxylic acids is 1. The number of thiophene rings is 1. The zero-order valence-electron chi connectivity index (χ0n) is 18.2. The maximum atomic E-state index is 12.9. The minimum absolute atomic E-state index is 0.0649. The molecule has 1 aromatic carbocycles. The van der Waals surface area contributed by atoms with E-state index in [0.29, 0.717) is 37.7 Å². The smallest absolute Gasteiger partial charge is 0.270 e. The molecule has 1 atom stereocenters. The molecule has 0 radical (unpaired) electrons. The van der Waals surface area contributed by atoms with E-state index in [1.807, 2.05) is 6.92 Å². The van der Waals surface area contributed by atoms with Gasteiger partial charge in [-0.25, -0.2) is 9.97 Å². The highest BCUT2D eigenvalue weighted by Crippen LogP contribution is 2.41. The third-order valence-corrected chi connectivity index (χ3v) is 7.57. The summed E-state index contributed by atoms with van der Waals surface area (Å²) in [6.45, 7) is 6.69. The molecule has 32 heavy (non-hydrogen) atoms. The number of aromatic nitrogens is 2. The van der Waals surface area contributed by atoms with E-state index in [1.54, 1.807) is 28.4 Å². The number of non-ortho nitro benzene ring substituents is 1. The molecule has 0 spiro atoms. The minimum Gasteiger partial charge on any atom is -0.352 e. The Kier molecular flexibility index (Phi) is 5.28. The molecule has 0 saturated carbocycles. The predicted molar refractivity (Wildman–Crippen MR) is 125 cm³/mol. The second-order valence-electron chi connectivity index (χ2n) is 8.71. The van der Waals surface area contributed by atoms with Gasteiger partial charge in [-0.3, -0.25) is 14.9 Å². The summed E-state index contributed by atoms with van der Waals surface area (Å²) in [4.78, 5) is 39.6. The number of nitro groups is 1. The first-order valence-electron chi connectivity index (χ1n) is 11.0. The Morgan fingerprint density at radius 2 is 2.00 bits per heavy atom. The number of fused-ring (bicyclic) bond motifs is 3. The van der Waals surface area contributed by atoms with E-state index in [9.17, 15) is 14.9 Å². The van der Waals surface area contributed by atoms with Gasteiger partial charge in [0.1, 0.15) is 16.5 Å². The van der Waals surface area contributed by atoms with Crippen molar-refractivity contribution in [1.82, 2.24) is 14.9 Å². The molecule has 0 unspecified atom stereocenters. The van der Waals surface area contributed by atoms with Crippen LogP contribution < -0.4 is 4.90 Å². The van der Waals surface area contributed by atoms with Crippen molar-refractivity contribution in [2.75, 3.05) is 31.1 Å². The van der Waals surface area contributed by atoms with Gasteiger partial charge in [-0.05, 0) is 43.7 Å². The molecule has 1 fully saturated rings. The molecule has 1 aliphatic heterocycles. The first-order chi connectivity index (χ1) is 15.4. The summed E-state index contributed by atoms with van der Waals surface area (Å²) >= 11 is 1.80. The van der Waals surface area contributed by atoms with Gasteiger partial charge in [0.15, 0.2) is 0 Å². The van der Waals surface area contributed by atoms with Crippen LogP contribution in [0.1, 0.15) is 40.0 Å².